The number of hydrogen-bond donors (Lipinski definition) is 0. The van der Waals surface area contributed by atoms with Crippen molar-refractivity contribution in [3.05, 3.63) is 86.3 Å². The van der Waals surface area contributed by atoms with Gasteiger partial charge < -0.3 is 14.4 Å². The standard InChI is InChI=1S/C30H34ClN7O3S/c1-33-27-25(28(39)34(2)30(33)41)37(20-32-27)13-5-12-35-14-16-36(17-15-35)18-19-38-23-6-3-4-7-24(23)42-26(29(38)40)21-8-10-22(31)11-9-21/h3-4,6-11,20,26H,5,12-19H2,1-2H3. The number of piperazine rings is 1. The van der Waals surface area contributed by atoms with Gasteiger partial charge in [0, 0.05) is 69.8 Å². The zero-order valence-corrected chi connectivity index (χ0v) is 25.4. The number of benzene rings is 2. The zero-order valence-electron chi connectivity index (χ0n) is 23.8. The Morgan fingerprint density at radius 2 is 1.55 bits per heavy atom. The molecule has 42 heavy (non-hydrogen) atoms. The smallest absolute Gasteiger partial charge is 0.325 e. The summed E-state index contributed by atoms with van der Waals surface area (Å²) in [6, 6.07) is 15.7. The van der Waals surface area contributed by atoms with Crippen molar-refractivity contribution in [2.75, 3.05) is 50.7 Å². The summed E-state index contributed by atoms with van der Waals surface area (Å²) in [4.78, 5) is 50.8. The van der Waals surface area contributed by atoms with E-state index in [4.69, 9.17) is 11.6 Å². The Kier molecular flexibility index (Phi) is 8.26. The minimum absolute atomic E-state index is 0.113. The molecule has 220 valence electrons. The van der Waals surface area contributed by atoms with Crippen molar-refractivity contribution in [1.82, 2.24) is 28.5 Å². The maximum atomic E-state index is 13.7. The fraction of sp³-hybridized carbons (Fsp3) is 0.400. The molecule has 2 aromatic heterocycles. The molecule has 12 heteroatoms. The van der Waals surface area contributed by atoms with Crippen LogP contribution >= 0.6 is 23.4 Å². The van der Waals surface area contributed by atoms with E-state index in [-0.39, 0.29) is 22.4 Å². The first-order valence-corrected chi connectivity index (χ1v) is 15.5. The summed E-state index contributed by atoms with van der Waals surface area (Å²) in [5.41, 5.74) is 2.16. The Balaban J connectivity index is 1.03. The molecule has 0 aliphatic carbocycles. The van der Waals surface area contributed by atoms with Crippen LogP contribution in [0.2, 0.25) is 5.02 Å². The topological polar surface area (TPSA) is 88.6 Å². The van der Waals surface area contributed by atoms with Crippen LogP contribution in [0.15, 0.2) is 69.3 Å². The van der Waals surface area contributed by atoms with Gasteiger partial charge in [0.1, 0.15) is 5.25 Å². The number of halogens is 1. The lowest BCUT2D eigenvalue weighted by molar-refractivity contribution is -0.118. The number of thioether (sulfide) groups is 1. The molecule has 2 aliphatic heterocycles. The number of rotatable bonds is 8. The highest BCUT2D eigenvalue weighted by molar-refractivity contribution is 8.00. The van der Waals surface area contributed by atoms with Crippen molar-refractivity contribution in [2.45, 2.75) is 23.1 Å². The molecule has 0 N–H and O–H groups in total. The second-order valence-electron chi connectivity index (χ2n) is 10.9. The van der Waals surface area contributed by atoms with Crippen LogP contribution in [0.1, 0.15) is 17.2 Å². The van der Waals surface area contributed by atoms with Gasteiger partial charge in [0.05, 0.1) is 12.0 Å². The lowest BCUT2D eigenvalue weighted by Gasteiger charge is -2.38. The molecule has 1 fully saturated rings. The van der Waals surface area contributed by atoms with Crippen LogP contribution < -0.4 is 16.1 Å². The predicted molar refractivity (Wildman–Crippen MR) is 167 cm³/mol. The zero-order chi connectivity index (χ0) is 29.4. The van der Waals surface area contributed by atoms with E-state index >= 15 is 0 Å². The quantitative estimate of drug-likeness (QED) is 0.304. The Hall–Kier alpha value is -3.38. The maximum absolute atomic E-state index is 13.7. The maximum Gasteiger partial charge on any atom is 0.332 e. The lowest BCUT2D eigenvalue weighted by atomic mass is 10.1. The van der Waals surface area contributed by atoms with Crippen molar-refractivity contribution in [3.63, 3.8) is 0 Å². The molecule has 0 spiro atoms. The average Bonchev–Trinajstić information content (AvgIpc) is 3.43. The second kappa shape index (κ2) is 12.1. The average molecular weight is 608 g/mol. The van der Waals surface area contributed by atoms with Crippen molar-refractivity contribution in [2.24, 2.45) is 14.1 Å². The van der Waals surface area contributed by atoms with Gasteiger partial charge in [-0.1, -0.05) is 35.9 Å². The minimum Gasteiger partial charge on any atom is -0.325 e. The van der Waals surface area contributed by atoms with E-state index in [9.17, 15) is 14.4 Å². The highest BCUT2D eigenvalue weighted by Gasteiger charge is 2.34. The number of aromatic nitrogens is 4. The Morgan fingerprint density at radius 1 is 0.857 bits per heavy atom. The van der Waals surface area contributed by atoms with Crippen molar-refractivity contribution < 1.29 is 4.79 Å². The van der Waals surface area contributed by atoms with Crippen molar-refractivity contribution in [1.29, 1.82) is 0 Å². The van der Waals surface area contributed by atoms with Crippen LogP contribution in [0.5, 0.6) is 0 Å². The van der Waals surface area contributed by atoms with Gasteiger partial charge in [-0.15, -0.1) is 11.8 Å². The van der Waals surface area contributed by atoms with Crippen molar-refractivity contribution in [3.8, 4) is 0 Å². The normalized spacial score (nSPS) is 18.1. The molecule has 0 bridgehead atoms. The molecule has 1 atom stereocenters. The van der Waals surface area contributed by atoms with E-state index in [2.05, 4.69) is 20.9 Å². The molecule has 10 nitrogen and oxygen atoms in total. The van der Waals surface area contributed by atoms with Gasteiger partial charge in [-0.25, -0.2) is 9.78 Å². The molecule has 4 heterocycles. The molecule has 6 rings (SSSR count). The SMILES string of the molecule is Cn1c(=O)c2c(ncn2CCCN2CCN(CCN3C(=O)C(c4ccc(Cl)cc4)Sc4ccccc43)CC2)n(C)c1=O. The largest absolute Gasteiger partial charge is 0.332 e. The van der Waals surface area contributed by atoms with Gasteiger partial charge in [0.25, 0.3) is 5.56 Å². The Labute approximate surface area is 253 Å². The van der Waals surface area contributed by atoms with Crippen LogP contribution in [-0.4, -0.2) is 80.2 Å². The minimum atomic E-state index is -0.371. The summed E-state index contributed by atoms with van der Waals surface area (Å²) in [5.74, 6) is 0.113. The number of fused-ring (bicyclic) bond motifs is 2. The predicted octanol–water partition coefficient (Wildman–Crippen LogP) is 2.98. The first-order chi connectivity index (χ1) is 20.3. The van der Waals surface area contributed by atoms with Gasteiger partial charge in [-0.3, -0.25) is 23.6 Å². The third-order valence-electron chi connectivity index (χ3n) is 8.26. The second-order valence-corrected chi connectivity index (χ2v) is 12.4. The third-order valence-corrected chi connectivity index (χ3v) is 9.82. The van der Waals surface area contributed by atoms with Crippen LogP contribution in [-0.2, 0) is 25.4 Å². The highest BCUT2D eigenvalue weighted by atomic mass is 35.5. The summed E-state index contributed by atoms with van der Waals surface area (Å²) < 4.78 is 4.40. The summed E-state index contributed by atoms with van der Waals surface area (Å²) in [6.07, 6.45) is 2.53. The lowest BCUT2D eigenvalue weighted by Crippen LogP contribution is -2.50. The number of nitrogens with zero attached hydrogens (tertiary/aromatic N) is 7. The number of anilines is 1. The highest BCUT2D eigenvalue weighted by Crippen LogP contribution is 2.46. The molecule has 0 saturated carbocycles. The molecule has 4 aromatic rings. The first kappa shape index (κ1) is 28.7. The van der Waals surface area contributed by atoms with Crippen LogP contribution in [0.3, 0.4) is 0 Å². The van der Waals surface area contributed by atoms with Gasteiger partial charge >= 0.3 is 5.69 Å². The van der Waals surface area contributed by atoms with Gasteiger partial charge in [-0.2, -0.15) is 0 Å². The monoisotopic (exact) mass is 607 g/mol. The van der Waals surface area contributed by atoms with E-state index in [1.54, 1.807) is 25.1 Å². The van der Waals surface area contributed by atoms with Crippen LogP contribution in [0.25, 0.3) is 11.2 Å². The Morgan fingerprint density at radius 3 is 2.29 bits per heavy atom. The molecule has 2 aromatic carbocycles. The number of amides is 1. The number of para-hydroxylation sites is 1. The van der Waals surface area contributed by atoms with E-state index in [0.29, 0.717) is 29.3 Å². The number of carbonyl (C=O) groups is 1. The fourth-order valence-corrected chi connectivity index (χ4v) is 7.16. The van der Waals surface area contributed by atoms with E-state index in [1.807, 2.05) is 51.9 Å². The number of aryl methyl sites for hydroxylation is 2. The van der Waals surface area contributed by atoms with Gasteiger partial charge in [0.15, 0.2) is 11.2 Å². The fourth-order valence-electron chi connectivity index (χ4n) is 5.81. The number of imidazole rings is 1. The first-order valence-electron chi connectivity index (χ1n) is 14.2. The molecule has 1 amide bonds. The van der Waals surface area contributed by atoms with Crippen LogP contribution in [0, 0.1) is 0 Å². The third kappa shape index (κ3) is 5.54. The number of carbonyl (C=O) groups excluding carboxylic acids is 1. The van der Waals surface area contributed by atoms with Gasteiger partial charge in [-0.05, 0) is 42.8 Å². The van der Waals surface area contributed by atoms with Gasteiger partial charge in [0.2, 0.25) is 5.91 Å². The molecule has 1 unspecified atom stereocenters. The number of hydrogen-bond acceptors (Lipinski definition) is 7. The summed E-state index contributed by atoms with van der Waals surface area (Å²) in [5, 5.41) is 0.379. The summed E-state index contributed by atoms with van der Waals surface area (Å²) >= 11 is 7.70. The molecule has 2 aliphatic rings. The molecular weight excluding hydrogens is 574 g/mol. The molecule has 0 radical (unpaired) electrons. The Bertz CT molecular complexity index is 1720. The van der Waals surface area contributed by atoms with Crippen molar-refractivity contribution >= 4 is 46.1 Å². The van der Waals surface area contributed by atoms with E-state index in [1.165, 1.54) is 11.6 Å². The van der Waals surface area contributed by atoms with Crippen LogP contribution in [0.4, 0.5) is 5.69 Å². The van der Waals surface area contributed by atoms with E-state index < -0.39 is 0 Å². The molecule has 1 saturated heterocycles. The summed E-state index contributed by atoms with van der Waals surface area (Å²) in [7, 11) is 3.13. The summed E-state index contributed by atoms with van der Waals surface area (Å²) in [6.45, 7) is 6.82. The van der Waals surface area contributed by atoms with E-state index in [0.717, 1.165) is 66.4 Å². The molecular formula is C30H34ClN7O3S.